The van der Waals surface area contributed by atoms with Crippen LogP contribution in [0.15, 0.2) is 261 Å². The zero-order valence-electron chi connectivity index (χ0n) is 44.7. The van der Waals surface area contributed by atoms with Gasteiger partial charge in [-0.1, -0.05) is 240 Å². The number of imidazole rings is 1. The van der Waals surface area contributed by atoms with Gasteiger partial charge in [0, 0.05) is 33.9 Å². The Morgan fingerprint density at radius 1 is 0.430 bits per heavy atom. The molecule has 0 spiro atoms. The van der Waals surface area contributed by atoms with Crippen LogP contribution < -0.4 is 0 Å². The predicted octanol–water partition coefficient (Wildman–Crippen LogP) is 19.5. The number of aromatic hydroxyl groups is 1. The van der Waals surface area contributed by atoms with Gasteiger partial charge in [-0.25, -0.2) is 4.98 Å². The van der Waals surface area contributed by atoms with Crippen LogP contribution in [0.5, 0.6) is 5.75 Å². The molecular formula is C75H61N3O. The molecule has 13 rings (SSSR count). The molecule has 10 aromatic carbocycles. The fourth-order valence-corrected chi connectivity index (χ4v) is 12.2. The molecule has 1 fully saturated rings. The van der Waals surface area contributed by atoms with Gasteiger partial charge in [0.15, 0.2) is 0 Å². The lowest BCUT2D eigenvalue weighted by molar-refractivity contribution is 0.479. The van der Waals surface area contributed by atoms with E-state index in [0.29, 0.717) is 17.3 Å². The van der Waals surface area contributed by atoms with Crippen molar-refractivity contribution in [2.45, 2.75) is 51.4 Å². The summed E-state index contributed by atoms with van der Waals surface area (Å²) in [6.45, 7) is 4.59. The SMILES string of the molecule is CC(C)(c1ccccc1)c1cccc(-c2ccnc(-c3cc(-c4ccccc4)cc(-c4cccc5c4nc(-c4cccc(-c6ccccc6-c6ccccc6)c4O)n5-c4ccc(CC5CCCC5)cc4-c4ccccc4)c3)c2)c1. The molecule has 0 amide bonds. The zero-order valence-corrected chi connectivity index (χ0v) is 44.7. The van der Waals surface area contributed by atoms with Crippen LogP contribution in [0.2, 0.25) is 0 Å². The highest BCUT2D eigenvalue weighted by molar-refractivity contribution is 5.99. The first-order valence-corrected chi connectivity index (χ1v) is 27.9. The molecular weight excluding hydrogens is 959 g/mol. The van der Waals surface area contributed by atoms with Crippen molar-refractivity contribution in [1.29, 1.82) is 0 Å². The maximum Gasteiger partial charge on any atom is 0.149 e. The normalized spacial score (nSPS) is 12.8. The molecule has 2 heterocycles. The Bertz CT molecular complexity index is 4140. The largest absolute Gasteiger partial charge is 0.507 e. The topological polar surface area (TPSA) is 50.9 Å². The van der Waals surface area contributed by atoms with E-state index in [2.05, 4.69) is 249 Å². The van der Waals surface area contributed by atoms with Crippen LogP contribution in [-0.2, 0) is 11.8 Å². The smallest absolute Gasteiger partial charge is 0.149 e. The van der Waals surface area contributed by atoms with Crippen LogP contribution in [0.1, 0.15) is 56.2 Å². The first-order chi connectivity index (χ1) is 38.8. The van der Waals surface area contributed by atoms with Crippen LogP contribution in [-0.4, -0.2) is 19.6 Å². The van der Waals surface area contributed by atoms with Gasteiger partial charge in [0.25, 0.3) is 0 Å². The number of rotatable bonds is 13. The lowest BCUT2D eigenvalue weighted by Crippen LogP contribution is -2.18. The first-order valence-electron chi connectivity index (χ1n) is 27.9. The van der Waals surface area contributed by atoms with Crippen molar-refractivity contribution in [3.8, 4) is 101 Å². The van der Waals surface area contributed by atoms with E-state index in [4.69, 9.17) is 9.97 Å². The molecule has 1 N–H and O–H groups in total. The first kappa shape index (κ1) is 49.2. The van der Waals surface area contributed by atoms with Crippen molar-refractivity contribution in [1.82, 2.24) is 14.5 Å². The average molecular weight is 1020 g/mol. The second-order valence-electron chi connectivity index (χ2n) is 21.8. The highest BCUT2D eigenvalue weighted by atomic mass is 16.3. The summed E-state index contributed by atoms with van der Waals surface area (Å²) < 4.78 is 2.29. The fraction of sp³-hybridized carbons (Fsp3) is 0.120. The summed E-state index contributed by atoms with van der Waals surface area (Å²) in [5, 5.41) is 12.9. The molecule has 0 aliphatic heterocycles. The van der Waals surface area contributed by atoms with Gasteiger partial charge in [-0.2, -0.15) is 0 Å². The Hall–Kier alpha value is -9.38. The third-order valence-electron chi connectivity index (χ3n) is 16.5. The monoisotopic (exact) mass is 1020 g/mol. The van der Waals surface area contributed by atoms with Gasteiger partial charge in [-0.3, -0.25) is 9.55 Å². The van der Waals surface area contributed by atoms with Crippen LogP contribution in [0.25, 0.3) is 106 Å². The van der Waals surface area contributed by atoms with Gasteiger partial charge in [0.1, 0.15) is 11.6 Å². The Morgan fingerprint density at radius 2 is 0.987 bits per heavy atom. The number of hydrogen-bond acceptors (Lipinski definition) is 3. The van der Waals surface area contributed by atoms with E-state index in [0.717, 1.165) is 101 Å². The van der Waals surface area contributed by atoms with Gasteiger partial charge in [-0.05, 0) is 134 Å². The Labute approximate surface area is 464 Å². The summed E-state index contributed by atoms with van der Waals surface area (Å²) in [4.78, 5) is 10.8. The van der Waals surface area contributed by atoms with E-state index in [1.807, 2.05) is 30.5 Å². The average Bonchev–Trinajstić information content (AvgIpc) is 4.25. The van der Waals surface area contributed by atoms with E-state index >= 15 is 0 Å². The number of pyridine rings is 1. The highest BCUT2D eigenvalue weighted by Gasteiger charge is 2.27. The predicted molar refractivity (Wildman–Crippen MR) is 328 cm³/mol. The summed E-state index contributed by atoms with van der Waals surface area (Å²) in [6.07, 6.45) is 8.16. The summed E-state index contributed by atoms with van der Waals surface area (Å²) in [7, 11) is 0. The molecule has 12 aromatic rings. The molecule has 1 aliphatic carbocycles. The number of para-hydroxylation sites is 2. The molecule has 0 unspecified atom stereocenters. The minimum atomic E-state index is -0.184. The van der Waals surface area contributed by atoms with Crippen molar-refractivity contribution >= 4 is 11.0 Å². The Kier molecular flexibility index (Phi) is 13.2. The molecule has 4 nitrogen and oxygen atoms in total. The number of aromatic nitrogens is 3. The molecule has 0 radical (unpaired) electrons. The molecule has 0 bridgehead atoms. The lowest BCUT2D eigenvalue weighted by Gasteiger charge is -2.26. The highest BCUT2D eigenvalue weighted by Crippen LogP contribution is 2.46. The van der Waals surface area contributed by atoms with Gasteiger partial charge >= 0.3 is 0 Å². The van der Waals surface area contributed by atoms with Crippen LogP contribution >= 0.6 is 0 Å². The maximum absolute atomic E-state index is 12.9. The van der Waals surface area contributed by atoms with Crippen LogP contribution in [0, 0.1) is 5.92 Å². The van der Waals surface area contributed by atoms with E-state index in [1.54, 1.807) is 0 Å². The van der Waals surface area contributed by atoms with Crippen molar-refractivity contribution in [2.75, 3.05) is 0 Å². The molecule has 4 heteroatoms. The fourth-order valence-electron chi connectivity index (χ4n) is 12.2. The molecule has 2 aromatic heterocycles. The Balaban J connectivity index is 1.01. The van der Waals surface area contributed by atoms with Crippen molar-refractivity contribution in [2.24, 2.45) is 5.92 Å². The number of benzene rings is 10. The van der Waals surface area contributed by atoms with Crippen LogP contribution in [0.4, 0.5) is 0 Å². The molecule has 0 saturated heterocycles. The second kappa shape index (κ2) is 21.2. The van der Waals surface area contributed by atoms with Gasteiger partial charge < -0.3 is 5.11 Å². The number of phenolic OH excluding ortho intramolecular Hbond substituents is 1. The molecule has 1 saturated carbocycles. The zero-order chi connectivity index (χ0) is 53.3. The van der Waals surface area contributed by atoms with E-state index in [9.17, 15) is 5.11 Å². The molecule has 1 aliphatic rings. The van der Waals surface area contributed by atoms with Crippen LogP contribution in [0.3, 0.4) is 0 Å². The summed E-state index contributed by atoms with van der Waals surface area (Å²) >= 11 is 0. The van der Waals surface area contributed by atoms with Crippen molar-refractivity contribution in [3.05, 3.63) is 278 Å². The van der Waals surface area contributed by atoms with Crippen molar-refractivity contribution in [3.63, 3.8) is 0 Å². The van der Waals surface area contributed by atoms with Crippen molar-refractivity contribution < 1.29 is 5.11 Å². The minimum absolute atomic E-state index is 0.177. The summed E-state index contributed by atoms with van der Waals surface area (Å²) in [5.74, 6) is 1.53. The third kappa shape index (κ3) is 9.65. The number of fused-ring (bicyclic) bond motifs is 1. The van der Waals surface area contributed by atoms with Gasteiger partial charge in [0.2, 0.25) is 0 Å². The lowest BCUT2D eigenvalue weighted by atomic mass is 9.77. The second-order valence-corrected chi connectivity index (χ2v) is 21.8. The van der Waals surface area contributed by atoms with E-state index < -0.39 is 0 Å². The standard InChI is InChI=1S/C75H61N3O/c1-75(2,61-31-13-6-14-32-61)62-33-19-30-56(49-62)57-42-43-76-69(50-57)60-47-58(53-24-7-3-8-25-53)46-59(48-60)64-36-21-39-71-72(64)77-74(67-38-20-37-66(73(67)79)65-35-18-17-34-63(65)54-26-9-4-10-27-54)78(71)70-41-40-52(44-51-22-15-16-23-51)45-68(70)55-28-11-5-12-29-55/h3-14,17-21,24-43,45-51,79H,15-16,22-23,44H2,1-2H3. The van der Waals surface area contributed by atoms with E-state index in [1.165, 1.54) is 42.4 Å². The number of phenols is 1. The number of hydrogen-bond donors (Lipinski definition) is 1. The van der Waals surface area contributed by atoms with Gasteiger partial charge in [-0.15, -0.1) is 0 Å². The molecule has 0 atom stereocenters. The molecule has 79 heavy (non-hydrogen) atoms. The van der Waals surface area contributed by atoms with Gasteiger partial charge in [0.05, 0.1) is 28.0 Å². The summed E-state index contributed by atoms with van der Waals surface area (Å²) in [6, 6.07) is 90.6. The Morgan fingerprint density at radius 3 is 1.73 bits per heavy atom. The quantitative estimate of drug-likeness (QED) is 0.125. The van der Waals surface area contributed by atoms with E-state index in [-0.39, 0.29) is 11.2 Å². The third-order valence-corrected chi connectivity index (χ3v) is 16.5. The maximum atomic E-state index is 12.9. The minimum Gasteiger partial charge on any atom is -0.507 e. The molecule has 382 valence electrons. The number of nitrogens with zero attached hydrogens (tertiary/aromatic N) is 3. The summed E-state index contributed by atoms with van der Waals surface area (Å²) in [5.41, 5.74) is 21.5.